The van der Waals surface area contributed by atoms with Gasteiger partial charge in [-0.1, -0.05) is 138 Å². The molecule has 0 spiro atoms. The summed E-state index contributed by atoms with van der Waals surface area (Å²) >= 11 is 0. The number of aliphatic hydroxyl groups excluding tert-OH is 1. The maximum atomic E-state index is 12.1. The molecule has 0 rings (SSSR count). The quantitative estimate of drug-likeness (QED) is 0.0450. The van der Waals surface area contributed by atoms with Gasteiger partial charge in [0.15, 0.2) is 6.10 Å². The minimum absolute atomic E-state index is 0.0963. The lowest BCUT2D eigenvalue weighted by molar-refractivity contribution is -0.161. The summed E-state index contributed by atoms with van der Waals surface area (Å²) < 4.78 is 10.5. The average molecular weight is 641 g/mol. The molecule has 5 nitrogen and oxygen atoms in total. The molecule has 0 aromatic heterocycles. The van der Waals surface area contributed by atoms with Crippen LogP contribution in [0.25, 0.3) is 0 Å². The Balaban J connectivity index is 3.71. The molecule has 1 atom stereocenters. The summed E-state index contributed by atoms with van der Waals surface area (Å²) in [7, 11) is 0. The van der Waals surface area contributed by atoms with E-state index in [1.807, 2.05) is 0 Å². The minimum Gasteiger partial charge on any atom is -0.462 e. The predicted molar refractivity (Wildman–Crippen MR) is 196 cm³/mol. The lowest BCUT2D eigenvalue weighted by Gasteiger charge is -2.15. The van der Waals surface area contributed by atoms with Crippen molar-refractivity contribution >= 4 is 11.9 Å². The van der Waals surface area contributed by atoms with E-state index in [4.69, 9.17) is 9.47 Å². The van der Waals surface area contributed by atoms with Crippen LogP contribution in [0.2, 0.25) is 0 Å². The summed E-state index contributed by atoms with van der Waals surface area (Å²) in [5.41, 5.74) is 0. The van der Waals surface area contributed by atoms with Crippen LogP contribution in [0.1, 0.15) is 155 Å². The Kier molecular flexibility index (Phi) is 34.7. The van der Waals surface area contributed by atoms with E-state index in [9.17, 15) is 14.7 Å². The molecule has 0 saturated carbocycles. The van der Waals surface area contributed by atoms with Gasteiger partial charge in [0.25, 0.3) is 0 Å². The Morgan fingerprint density at radius 1 is 0.522 bits per heavy atom. The standard InChI is InChI=1S/C41H68O5/c1-3-5-7-9-11-13-15-17-19-20-22-24-26-28-30-32-34-36-41(44)46-39(37-42)38-45-40(43)35-33-31-29-27-25-23-21-18-16-14-12-10-8-6-4-2/h5,7,11,13,17-19,21-22,24,28,30,39,42H,3-4,6,8-10,12,14-16,20,23,25-27,29,31-38H2,1-2H3. The fraction of sp³-hybridized carbons (Fsp3) is 0.659. The van der Waals surface area contributed by atoms with Crippen LogP contribution in [-0.4, -0.2) is 36.4 Å². The summed E-state index contributed by atoms with van der Waals surface area (Å²) in [5.74, 6) is -0.676. The van der Waals surface area contributed by atoms with Crippen LogP contribution < -0.4 is 0 Å². The predicted octanol–water partition coefficient (Wildman–Crippen LogP) is 11.4. The van der Waals surface area contributed by atoms with Crippen molar-refractivity contribution in [2.24, 2.45) is 0 Å². The van der Waals surface area contributed by atoms with Crippen molar-refractivity contribution in [2.75, 3.05) is 13.2 Å². The second-order valence-corrected chi connectivity index (χ2v) is 11.9. The Bertz CT molecular complexity index is 864. The molecule has 262 valence electrons. The van der Waals surface area contributed by atoms with Crippen molar-refractivity contribution in [3.63, 3.8) is 0 Å². The molecule has 0 heterocycles. The number of ether oxygens (including phenoxy) is 2. The first kappa shape index (κ1) is 43.3. The van der Waals surface area contributed by atoms with Crippen molar-refractivity contribution in [3.8, 4) is 0 Å². The first-order chi connectivity index (χ1) is 22.6. The van der Waals surface area contributed by atoms with Gasteiger partial charge in [-0.25, -0.2) is 0 Å². The molecular weight excluding hydrogens is 572 g/mol. The molecule has 0 aliphatic carbocycles. The molecule has 0 radical (unpaired) electrons. The van der Waals surface area contributed by atoms with Crippen LogP contribution >= 0.6 is 0 Å². The Hall–Kier alpha value is -2.66. The van der Waals surface area contributed by atoms with E-state index in [1.54, 1.807) is 0 Å². The average Bonchev–Trinajstić information content (AvgIpc) is 3.06. The van der Waals surface area contributed by atoms with Crippen LogP contribution in [0.5, 0.6) is 0 Å². The summed E-state index contributed by atoms with van der Waals surface area (Å²) in [6.07, 6.45) is 48.2. The highest BCUT2D eigenvalue weighted by molar-refractivity contribution is 5.70. The zero-order valence-electron chi connectivity index (χ0n) is 29.6. The van der Waals surface area contributed by atoms with Gasteiger partial charge in [0, 0.05) is 12.8 Å². The number of aliphatic hydroxyl groups is 1. The monoisotopic (exact) mass is 641 g/mol. The summed E-state index contributed by atoms with van der Waals surface area (Å²) in [6.45, 7) is 3.94. The second-order valence-electron chi connectivity index (χ2n) is 11.9. The summed E-state index contributed by atoms with van der Waals surface area (Å²) in [4.78, 5) is 24.2. The SMILES string of the molecule is CCC=CCC=CCC=CCC=CCC=CCCCC(=O)OC(CO)COC(=O)CCCCCCCC=CCCCCCCCC. The van der Waals surface area contributed by atoms with Crippen LogP contribution in [0.4, 0.5) is 0 Å². The van der Waals surface area contributed by atoms with Gasteiger partial charge in [-0.15, -0.1) is 0 Å². The number of esters is 2. The molecule has 5 heteroatoms. The third-order valence-corrected chi connectivity index (χ3v) is 7.48. The summed E-state index contributed by atoms with van der Waals surface area (Å²) in [6, 6.07) is 0. The van der Waals surface area contributed by atoms with Gasteiger partial charge in [0.2, 0.25) is 0 Å². The van der Waals surface area contributed by atoms with Crippen LogP contribution in [0.15, 0.2) is 72.9 Å². The van der Waals surface area contributed by atoms with Gasteiger partial charge in [-0.05, 0) is 77.0 Å². The topological polar surface area (TPSA) is 72.8 Å². The van der Waals surface area contributed by atoms with Crippen LogP contribution in [-0.2, 0) is 19.1 Å². The maximum absolute atomic E-state index is 12.1. The molecule has 0 saturated heterocycles. The normalized spacial score (nSPS) is 13.0. The lowest BCUT2D eigenvalue weighted by Crippen LogP contribution is -2.28. The highest BCUT2D eigenvalue weighted by atomic mass is 16.6. The fourth-order valence-corrected chi connectivity index (χ4v) is 4.70. The largest absolute Gasteiger partial charge is 0.462 e. The van der Waals surface area contributed by atoms with E-state index >= 15 is 0 Å². The van der Waals surface area contributed by atoms with Gasteiger partial charge in [-0.3, -0.25) is 9.59 Å². The van der Waals surface area contributed by atoms with Gasteiger partial charge in [0.05, 0.1) is 6.61 Å². The molecule has 0 fully saturated rings. The number of carbonyl (C=O) groups is 2. The lowest BCUT2D eigenvalue weighted by atomic mass is 10.1. The molecule has 46 heavy (non-hydrogen) atoms. The van der Waals surface area contributed by atoms with Crippen molar-refractivity contribution in [1.29, 1.82) is 0 Å². The number of allylic oxidation sites excluding steroid dienone is 12. The van der Waals surface area contributed by atoms with E-state index < -0.39 is 6.10 Å². The summed E-state index contributed by atoms with van der Waals surface area (Å²) in [5, 5.41) is 9.52. The fourth-order valence-electron chi connectivity index (χ4n) is 4.70. The zero-order valence-corrected chi connectivity index (χ0v) is 29.6. The first-order valence-electron chi connectivity index (χ1n) is 18.5. The Morgan fingerprint density at radius 2 is 0.957 bits per heavy atom. The van der Waals surface area contributed by atoms with E-state index in [0.717, 1.165) is 64.2 Å². The zero-order chi connectivity index (χ0) is 33.6. The Labute approximate surface area is 283 Å². The van der Waals surface area contributed by atoms with Crippen molar-refractivity contribution in [2.45, 2.75) is 161 Å². The highest BCUT2D eigenvalue weighted by Gasteiger charge is 2.15. The number of hydrogen-bond acceptors (Lipinski definition) is 5. The third-order valence-electron chi connectivity index (χ3n) is 7.48. The smallest absolute Gasteiger partial charge is 0.306 e. The molecule has 1 N–H and O–H groups in total. The van der Waals surface area contributed by atoms with Crippen molar-refractivity contribution in [1.82, 2.24) is 0 Å². The molecule has 0 aromatic carbocycles. The van der Waals surface area contributed by atoms with Gasteiger partial charge < -0.3 is 14.6 Å². The van der Waals surface area contributed by atoms with Gasteiger partial charge in [-0.2, -0.15) is 0 Å². The molecule has 1 unspecified atom stereocenters. The van der Waals surface area contributed by atoms with E-state index in [1.165, 1.54) is 57.8 Å². The maximum Gasteiger partial charge on any atom is 0.306 e. The van der Waals surface area contributed by atoms with E-state index in [-0.39, 0.29) is 31.6 Å². The van der Waals surface area contributed by atoms with Crippen LogP contribution in [0, 0.1) is 0 Å². The van der Waals surface area contributed by atoms with Gasteiger partial charge >= 0.3 is 11.9 Å². The molecule has 0 aliphatic rings. The number of carbonyl (C=O) groups excluding carboxylic acids is 2. The number of rotatable bonds is 32. The minimum atomic E-state index is -0.806. The number of hydrogen-bond donors (Lipinski definition) is 1. The first-order valence-corrected chi connectivity index (χ1v) is 18.5. The molecular formula is C41H68O5. The van der Waals surface area contributed by atoms with Crippen LogP contribution in [0.3, 0.4) is 0 Å². The third kappa shape index (κ3) is 34.2. The van der Waals surface area contributed by atoms with E-state index in [2.05, 4.69) is 86.8 Å². The molecule has 0 amide bonds. The van der Waals surface area contributed by atoms with E-state index in [0.29, 0.717) is 12.8 Å². The van der Waals surface area contributed by atoms with Crippen molar-refractivity contribution in [3.05, 3.63) is 72.9 Å². The van der Waals surface area contributed by atoms with Crippen molar-refractivity contribution < 1.29 is 24.2 Å². The highest BCUT2D eigenvalue weighted by Crippen LogP contribution is 2.11. The molecule has 0 bridgehead atoms. The molecule has 0 aromatic rings. The van der Waals surface area contributed by atoms with Gasteiger partial charge in [0.1, 0.15) is 6.61 Å². The number of unbranched alkanes of at least 4 members (excludes halogenated alkanes) is 12. The second kappa shape index (κ2) is 36.8. The Morgan fingerprint density at radius 3 is 1.50 bits per heavy atom. The molecule has 0 aliphatic heterocycles.